The minimum absolute atomic E-state index is 0.134. The third-order valence-corrected chi connectivity index (χ3v) is 5.04. The summed E-state index contributed by atoms with van der Waals surface area (Å²) >= 11 is 0. The smallest absolute Gasteiger partial charge is 0.330 e. The van der Waals surface area contributed by atoms with Gasteiger partial charge in [-0.15, -0.1) is 0 Å². The lowest BCUT2D eigenvalue weighted by Gasteiger charge is -2.29. The number of aliphatic carboxylic acids is 1. The van der Waals surface area contributed by atoms with Crippen LogP contribution in [0.3, 0.4) is 0 Å². The molecule has 1 aliphatic heterocycles. The summed E-state index contributed by atoms with van der Waals surface area (Å²) in [7, 11) is 0. The van der Waals surface area contributed by atoms with E-state index >= 15 is 0 Å². The fourth-order valence-corrected chi connectivity index (χ4v) is 3.37. The zero-order chi connectivity index (χ0) is 19.4. The molecular weight excluding hydrogens is 344 g/mol. The number of rotatable bonds is 6. The van der Waals surface area contributed by atoms with Gasteiger partial charge in [0.1, 0.15) is 5.76 Å². The van der Waals surface area contributed by atoms with E-state index in [-0.39, 0.29) is 5.76 Å². The van der Waals surface area contributed by atoms with Crippen molar-refractivity contribution >= 4 is 11.9 Å². The Labute approximate surface area is 159 Å². The molecule has 0 aliphatic carbocycles. The fraction of sp³-hybridized carbons (Fsp3) is 0.429. The number of benzene rings is 1. The van der Waals surface area contributed by atoms with Crippen LogP contribution in [0.2, 0.25) is 0 Å². The third-order valence-electron chi connectivity index (χ3n) is 5.04. The van der Waals surface area contributed by atoms with Crippen molar-refractivity contribution in [2.24, 2.45) is 5.92 Å². The van der Waals surface area contributed by atoms with E-state index in [2.05, 4.69) is 17.1 Å². The predicted molar refractivity (Wildman–Crippen MR) is 101 cm³/mol. The molecule has 6 heteroatoms. The summed E-state index contributed by atoms with van der Waals surface area (Å²) in [6.07, 6.45) is 2.34. The zero-order valence-electron chi connectivity index (χ0n) is 15.8. The van der Waals surface area contributed by atoms with Gasteiger partial charge in [-0.05, 0) is 56.5 Å². The first-order valence-electron chi connectivity index (χ1n) is 9.33. The lowest BCUT2D eigenvalue weighted by molar-refractivity contribution is -0.139. The van der Waals surface area contributed by atoms with Crippen LogP contribution in [0.25, 0.3) is 0 Å². The maximum absolute atomic E-state index is 12.5. The molecule has 0 spiro atoms. The Kier molecular flexibility index (Phi) is 5.96. The highest BCUT2D eigenvalue weighted by atomic mass is 16.4. The van der Waals surface area contributed by atoms with Gasteiger partial charge in [0.2, 0.25) is 0 Å². The van der Waals surface area contributed by atoms with Gasteiger partial charge >= 0.3 is 5.97 Å². The van der Waals surface area contributed by atoms with Crippen molar-refractivity contribution in [2.75, 3.05) is 13.1 Å². The second-order valence-electron chi connectivity index (χ2n) is 7.38. The van der Waals surface area contributed by atoms with Crippen LogP contribution in [0.1, 0.15) is 53.2 Å². The molecule has 1 aromatic carbocycles. The number of aryl methyl sites for hydroxylation is 1. The van der Waals surface area contributed by atoms with Gasteiger partial charge in [-0.2, -0.15) is 0 Å². The van der Waals surface area contributed by atoms with E-state index < -0.39 is 17.9 Å². The highest BCUT2D eigenvalue weighted by molar-refractivity contribution is 5.94. The van der Waals surface area contributed by atoms with Crippen molar-refractivity contribution in [3.8, 4) is 0 Å². The standard InChI is InChI=1S/C21H26N2O4/c1-14-8-10-23(11-9-14)13-17-6-7-18(27-17)20(24)22-19(21(25)26)16-5-3-4-15(2)12-16/h3-7,12,14,19H,8-11,13H2,1-2H3,(H,22,24)(H,25,26). The molecule has 1 aromatic heterocycles. The first kappa shape index (κ1) is 19.2. The molecule has 1 saturated heterocycles. The Morgan fingerprint density at radius 2 is 2.00 bits per heavy atom. The summed E-state index contributed by atoms with van der Waals surface area (Å²) in [6.45, 7) is 6.86. The van der Waals surface area contributed by atoms with Crippen LogP contribution in [0, 0.1) is 12.8 Å². The number of hydrogen-bond acceptors (Lipinski definition) is 4. The lowest BCUT2D eigenvalue weighted by Crippen LogP contribution is -2.33. The van der Waals surface area contributed by atoms with E-state index in [1.54, 1.807) is 30.3 Å². The van der Waals surface area contributed by atoms with E-state index in [4.69, 9.17) is 4.42 Å². The van der Waals surface area contributed by atoms with Crippen LogP contribution in [-0.2, 0) is 11.3 Å². The number of nitrogens with zero attached hydrogens (tertiary/aromatic N) is 1. The molecule has 2 N–H and O–H groups in total. The molecule has 1 atom stereocenters. The summed E-state index contributed by atoms with van der Waals surface area (Å²) < 4.78 is 5.67. The Morgan fingerprint density at radius 1 is 1.26 bits per heavy atom. The van der Waals surface area contributed by atoms with E-state index in [1.807, 2.05) is 13.0 Å². The van der Waals surface area contributed by atoms with Crippen LogP contribution in [0.5, 0.6) is 0 Å². The number of carboxylic acid groups (broad SMARTS) is 1. The molecular formula is C21H26N2O4. The quantitative estimate of drug-likeness (QED) is 0.815. The first-order valence-corrected chi connectivity index (χ1v) is 9.33. The minimum Gasteiger partial charge on any atom is -0.479 e. The average Bonchev–Trinajstić information content (AvgIpc) is 3.10. The Hall–Kier alpha value is -2.60. The largest absolute Gasteiger partial charge is 0.479 e. The van der Waals surface area contributed by atoms with Crippen LogP contribution in [-0.4, -0.2) is 35.0 Å². The van der Waals surface area contributed by atoms with Crippen molar-refractivity contribution in [2.45, 2.75) is 39.3 Å². The number of piperidine rings is 1. The van der Waals surface area contributed by atoms with E-state index in [0.717, 1.165) is 30.3 Å². The molecule has 1 aliphatic rings. The minimum atomic E-state index is -1.12. The normalized spacial score (nSPS) is 16.8. The van der Waals surface area contributed by atoms with E-state index in [1.165, 1.54) is 12.8 Å². The second-order valence-corrected chi connectivity index (χ2v) is 7.38. The van der Waals surface area contributed by atoms with Gasteiger partial charge < -0.3 is 14.8 Å². The lowest BCUT2D eigenvalue weighted by atomic mass is 9.99. The van der Waals surface area contributed by atoms with Crippen molar-refractivity contribution in [3.05, 3.63) is 59.0 Å². The van der Waals surface area contributed by atoms with Gasteiger partial charge in [0.05, 0.1) is 6.54 Å². The highest BCUT2D eigenvalue weighted by Crippen LogP contribution is 2.20. The SMILES string of the molecule is Cc1cccc(C(NC(=O)c2ccc(CN3CCC(C)CC3)o2)C(=O)O)c1. The van der Waals surface area contributed by atoms with Crippen LogP contribution < -0.4 is 5.32 Å². The molecule has 2 aromatic rings. The number of furan rings is 1. The van der Waals surface area contributed by atoms with Crippen molar-refractivity contribution in [1.82, 2.24) is 10.2 Å². The molecule has 3 rings (SSSR count). The number of nitrogens with one attached hydrogen (secondary N) is 1. The average molecular weight is 370 g/mol. The molecule has 27 heavy (non-hydrogen) atoms. The molecule has 0 saturated carbocycles. The van der Waals surface area contributed by atoms with E-state index in [0.29, 0.717) is 12.1 Å². The van der Waals surface area contributed by atoms with Gasteiger partial charge in [0.25, 0.3) is 5.91 Å². The van der Waals surface area contributed by atoms with Crippen molar-refractivity contribution in [1.29, 1.82) is 0 Å². The summed E-state index contributed by atoms with van der Waals surface area (Å²) in [5.41, 5.74) is 1.47. The molecule has 6 nitrogen and oxygen atoms in total. The van der Waals surface area contributed by atoms with E-state index in [9.17, 15) is 14.7 Å². The molecule has 2 heterocycles. The second kappa shape index (κ2) is 8.39. The van der Waals surface area contributed by atoms with Gasteiger partial charge in [0, 0.05) is 0 Å². The summed E-state index contributed by atoms with van der Waals surface area (Å²) in [5, 5.41) is 12.1. The molecule has 0 bridgehead atoms. The van der Waals surface area contributed by atoms with Crippen molar-refractivity contribution in [3.63, 3.8) is 0 Å². The molecule has 144 valence electrons. The van der Waals surface area contributed by atoms with Gasteiger partial charge in [-0.1, -0.05) is 36.8 Å². The molecule has 1 unspecified atom stereocenters. The zero-order valence-corrected chi connectivity index (χ0v) is 15.8. The Balaban J connectivity index is 1.65. The fourth-order valence-electron chi connectivity index (χ4n) is 3.37. The molecule has 1 amide bonds. The maximum Gasteiger partial charge on any atom is 0.330 e. The number of amides is 1. The van der Waals surface area contributed by atoms with Crippen LogP contribution >= 0.6 is 0 Å². The van der Waals surface area contributed by atoms with Crippen LogP contribution in [0.4, 0.5) is 0 Å². The van der Waals surface area contributed by atoms with Crippen molar-refractivity contribution < 1.29 is 19.1 Å². The number of likely N-dealkylation sites (tertiary alicyclic amines) is 1. The summed E-state index contributed by atoms with van der Waals surface area (Å²) in [5.74, 6) is -0.0224. The molecule has 0 radical (unpaired) electrons. The first-order chi connectivity index (χ1) is 12.9. The number of carboxylic acids is 1. The monoisotopic (exact) mass is 370 g/mol. The van der Waals surface area contributed by atoms with Gasteiger partial charge in [-0.25, -0.2) is 4.79 Å². The van der Waals surface area contributed by atoms with Crippen LogP contribution in [0.15, 0.2) is 40.8 Å². The predicted octanol–water partition coefficient (Wildman–Crippen LogP) is 3.38. The Bertz CT molecular complexity index is 806. The maximum atomic E-state index is 12.5. The molecule has 1 fully saturated rings. The Morgan fingerprint density at radius 3 is 2.67 bits per heavy atom. The summed E-state index contributed by atoms with van der Waals surface area (Å²) in [4.78, 5) is 26.4. The topological polar surface area (TPSA) is 82.8 Å². The number of hydrogen-bond donors (Lipinski definition) is 2. The number of carbonyl (C=O) groups excluding carboxylic acids is 1. The van der Waals surface area contributed by atoms with Gasteiger partial charge in [-0.3, -0.25) is 9.69 Å². The highest BCUT2D eigenvalue weighted by Gasteiger charge is 2.24. The van der Waals surface area contributed by atoms with Gasteiger partial charge in [0.15, 0.2) is 11.8 Å². The summed E-state index contributed by atoms with van der Waals surface area (Å²) in [6, 6.07) is 9.37. The number of carbonyl (C=O) groups is 2. The third kappa shape index (κ3) is 4.98.